The molecule has 2 rings (SSSR count). The minimum Gasteiger partial charge on any atom is -0.381 e. The van der Waals surface area contributed by atoms with Crippen LogP contribution in [0.2, 0.25) is 0 Å². The fraction of sp³-hybridized carbons (Fsp3) is 0.533. The fourth-order valence-electron chi connectivity index (χ4n) is 2.54. The van der Waals surface area contributed by atoms with E-state index in [2.05, 4.69) is 32.0 Å². The summed E-state index contributed by atoms with van der Waals surface area (Å²) < 4.78 is 5.29. The number of carbonyl (C=O) groups excluding carboxylic acids is 1. The van der Waals surface area contributed by atoms with Crippen LogP contribution in [0.4, 0.5) is 0 Å². The molecule has 0 bridgehead atoms. The second kappa shape index (κ2) is 5.46. The smallest absolute Gasteiger partial charge is 0.140 e. The lowest BCUT2D eigenvalue weighted by atomic mass is 9.91. The SMILES string of the molecule is Cc1cc(C)cc(CC(=O)C2CCOCC2)c1. The Bertz CT molecular complexity index is 383. The lowest BCUT2D eigenvalue weighted by molar-refractivity contribution is -0.125. The zero-order valence-electron chi connectivity index (χ0n) is 10.7. The summed E-state index contributed by atoms with van der Waals surface area (Å²) in [5, 5.41) is 0. The third-order valence-corrected chi connectivity index (χ3v) is 3.34. The topological polar surface area (TPSA) is 26.3 Å². The Morgan fingerprint density at radius 1 is 1.18 bits per heavy atom. The van der Waals surface area contributed by atoms with E-state index in [9.17, 15) is 4.79 Å². The number of Topliss-reactive ketones (excluding diaryl/α,β-unsaturated/α-hetero) is 1. The molecule has 1 saturated heterocycles. The zero-order valence-corrected chi connectivity index (χ0v) is 10.7. The number of benzene rings is 1. The van der Waals surface area contributed by atoms with E-state index in [4.69, 9.17) is 4.74 Å². The van der Waals surface area contributed by atoms with Crippen molar-refractivity contribution >= 4 is 5.78 Å². The third kappa shape index (κ3) is 3.40. The molecule has 0 amide bonds. The molecule has 1 fully saturated rings. The van der Waals surface area contributed by atoms with E-state index < -0.39 is 0 Å². The van der Waals surface area contributed by atoms with Gasteiger partial charge in [-0.1, -0.05) is 29.3 Å². The van der Waals surface area contributed by atoms with Gasteiger partial charge in [0.1, 0.15) is 5.78 Å². The van der Waals surface area contributed by atoms with E-state index in [1.54, 1.807) is 0 Å². The Hall–Kier alpha value is -1.15. The van der Waals surface area contributed by atoms with Crippen molar-refractivity contribution in [3.8, 4) is 0 Å². The molecule has 2 nitrogen and oxygen atoms in total. The van der Waals surface area contributed by atoms with Crippen molar-refractivity contribution in [2.45, 2.75) is 33.1 Å². The Labute approximate surface area is 103 Å². The molecule has 1 aromatic rings. The van der Waals surface area contributed by atoms with Gasteiger partial charge in [-0.15, -0.1) is 0 Å². The highest BCUT2D eigenvalue weighted by Gasteiger charge is 2.21. The van der Waals surface area contributed by atoms with Crippen molar-refractivity contribution in [3.63, 3.8) is 0 Å². The number of carbonyl (C=O) groups is 1. The standard InChI is InChI=1S/C15H20O2/c1-11-7-12(2)9-13(8-11)10-15(16)14-3-5-17-6-4-14/h7-9,14H,3-6,10H2,1-2H3. The monoisotopic (exact) mass is 232 g/mol. The predicted molar refractivity (Wildman–Crippen MR) is 68.2 cm³/mol. The number of aryl methyl sites for hydroxylation is 2. The average Bonchev–Trinajstić information content (AvgIpc) is 2.28. The normalized spacial score (nSPS) is 17.1. The molecule has 0 N–H and O–H groups in total. The first-order valence-electron chi connectivity index (χ1n) is 6.33. The van der Waals surface area contributed by atoms with Crippen molar-refractivity contribution in [2.24, 2.45) is 5.92 Å². The summed E-state index contributed by atoms with van der Waals surface area (Å²) in [6.07, 6.45) is 2.36. The Morgan fingerprint density at radius 2 is 1.76 bits per heavy atom. The maximum atomic E-state index is 12.1. The van der Waals surface area contributed by atoms with Crippen LogP contribution >= 0.6 is 0 Å². The summed E-state index contributed by atoms with van der Waals surface area (Å²) in [7, 11) is 0. The van der Waals surface area contributed by atoms with Gasteiger partial charge in [0.05, 0.1) is 0 Å². The Morgan fingerprint density at radius 3 is 2.35 bits per heavy atom. The molecule has 0 aromatic heterocycles. The maximum Gasteiger partial charge on any atom is 0.140 e. The van der Waals surface area contributed by atoms with E-state index in [0.29, 0.717) is 12.2 Å². The van der Waals surface area contributed by atoms with Gasteiger partial charge in [0.25, 0.3) is 0 Å². The van der Waals surface area contributed by atoms with Crippen LogP contribution in [0.25, 0.3) is 0 Å². The van der Waals surface area contributed by atoms with Gasteiger partial charge in [0.15, 0.2) is 0 Å². The summed E-state index contributed by atoms with van der Waals surface area (Å²) in [5.41, 5.74) is 3.62. The molecule has 0 spiro atoms. The summed E-state index contributed by atoms with van der Waals surface area (Å²) in [5.74, 6) is 0.586. The number of ether oxygens (including phenoxy) is 1. The van der Waals surface area contributed by atoms with Gasteiger partial charge in [-0.25, -0.2) is 0 Å². The van der Waals surface area contributed by atoms with Gasteiger partial charge in [0, 0.05) is 25.6 Å². The summed E-state index contributed by atoms with van der Waals surface area (Å²) in [6.45, 7) is 5.64. The molecule has 1 aromatic carbocycles. The van der Waals surface area contributed by atoms with E-state index >= 15 is 0 Å². The lowest BCUT2D eigenvalue weighted by Crippen LogP contribution is -2.24. The molecule has 92 valence electrons. The first kappa shape index (κ1) is 12.3. The third-order valence-electron chi connectivity index (χ3n) is 3.34. The van der Waals surface area contributed by atoms with Gasteiger partial charge < -0.3 is 4.74 Å². The molecular weight excluding hydrogens is 212 g/mol. The summed E-state index contributed by atoms with van der Waals surface area (Å²) in [4.78, 5) is 12.1. The van der Waals surface area contributed by atoms with Crippen LogP contribution in [0.3, 0.4) is 0 Å². The van der Waals surface area contributed by atoms with Crippen LogP contribution in [0.5, 0.6) is 0 Å². The zero-order chi connectivity index (χ0) is 12.3. The molecule has 0 aliphatic carbocycles. The molecular formula is C15H20O2. The van der Waals surface area contributed by atoms with Crippen LogP contribution in [0.1, 0.15) is 29.5 Å². The lowest BCUT2D eigenvalue weighted by Gasteiger charge is -2.20. The number of hydrogen-bond acceptors (Lipinski definition) is 2. The Balaban J connectivity index is 2.01. The number of rotatable bonds is 3. The van der Waals surface area contributed by atoms with Crippen LogP contribution in [0.15, 0.2) is 18.2 Å². The molecule has 0 saturated carbocycles. The van der Waals surface area contributed by atoms with Gasteiger partial charge in [-0.05, 0) is 32.3 Å². The van der Waals surface area contributed by atoms with E-state index in [1.807, 2.05) is 0 Å². The van der Waals surface area contributed by atoms with Crippen molar-refractivity contribution in [3.05, 3.63) is 34.9 Å². The van der Waals surface area contributed by atoms with Gasteiger partial charge in [0.2, 0.25) is 0 Å². The van der Waals surface area contributed by atoms with E-state index in [0.717, 1.165) is 31.6 Å². The second-order valence-corrected chi connectivity index (χ2v) is 5.03. The molecule has 0 atom stereocenters. The van der Waals surface area contributed by atoms with Crippen molar-refractivity contribution in [1.29, 1.82) is 0 Å². The van der Waals surface area contributed by atoms with E-state index in [-0.39, 0.29) is 5.92 Å². The predicted octanol–water partition coefficient (Wildman–Crippen LogP) is 2.84. The van der Waals surface area contributed by atoms with Gasteiger partial charge >= 0.3 is 0 Å². The Kier molecular flexibility index (Phi) is 3.95. The molecule has 1 aliphatic heterocycles. The highest BCUT2D eigenvalue weighted by molar-refractivity contribution is 5.83. The van der Waals surface area contributed by atoms with Crippen LogP contribution in [0, 0.1) is 19.8 Å². The maximum absolute atomic E-state index is 12.1. The largest absolute Gasteiger partial charge is 0.381 e. The van der Waals surface area contributed by atoms with Crippen molar-refractivity contribution in [1.82, 2.24) is 0 Å². The first-order valence-corrected chi connectivity index (χ1v) is 6.33. The summed E-state index contributed by atoms with van der Waals surface area (Å²) in [6, 6.07) is 6.37. The quantitative estimate of drug-likeness (QED) is 0.801. The number of hydrogen-bond donors (Lipinski definition) is 0. The molecule has 0 radical (unpaired) electrons. The molecule has 0 unspecified atom stereocenters. The van der Waals surface area contributed by atoms with Gasteiger partial charge in [-0.3, -0.25) is 4.79 Å². The average molecular weight is 232 g/mol. The molecule has 17 heavy (non-hydrogen) atoms. The fourth-order valence-corrected chi connectivity index (χ4v) is 2.54. The highest BCUT2D eigenvalue weighted by atomic mass is 16.5. The minimum atomic E-state index is 0.213. The van der Waals surface area contributed by atoms with Crippen molar-refractivity contribution < 1.29 is 9.53 Å². The second-order valence-electron chi connectivity index (χ2n) is 5.03. The van der Waals surface area contributed by atoms with Crippen LogP contribution < -0.4 is 0 Å². The van der Waals surface area contributed by atoms with Crippen LogP contribution in [-0.4, -0.2) is 19.0 Å². The highest BCUT2D eigenvalue weighted by Crippen LogP contribution is 2.19. The number of ketones is 1. The molecule has 2 heteroatoms. The van der Waals surface area contributed by atoms with Crippen LogP contribution in [-0.2, 0) is 16.0 Å². The molecule has 1 aliphatic rings. The van der Waals surface area contributed by atoms with Gasteiger partial charge in [-0.2, -0.15) is 0 Å². The van der Waals surface area contributed by atoms with E-state index in [1.165, 1.54) is 11.1 Å². The minimum absolute atomic E-state index is 0.213. The van der Waals surface area contributed by atoms with Crippen molar-refractivity contribution in [2.75, 3.05) is 13.2 Å². The first-order chi connectivity index (χ1) is 8.15. The summed E-state index contributed by atoms with van der Waals surface area (Å²) >= 11 is 0. The molecule has 1 heterocycles.